The number of carboxylic acid groups (broad SMARTS) is 1. The average molecular weight is 313 g/mol. The standard InChI is InChI=1S/C13H10F3N3O3/c14-13(15,16)9-3-1-2-4-10(9)19-12(22)8(5-17)6-18-7-11(20)21/h1-4,6,18H,7H2,(H,19,22)(H,20,21)/b8-6-. The highest BCUT2D eigenvalue weighted by Gasteiger charge is 2.33. The third kappa shape index (κ3) is 4.82. The van der Waals surface area contributed by atoms with Crippen LogP contribution in [0.5, 0.6) is 0 Å². The predicted octanol–water partition coefficient (Wildman–Crippen LogP) is 1.73. The van der Waals surface area contributed by atoms with Crippen molar-refractivity contribution in [3.63, 3.8) is 0 Å². The van der Waals surface area contributed by atoms with E-state index in [0.717, 1.165) is 24.4 Å². The molecule has 1 amide bonds. The van der Waals surface area contributed by atoms with Crippen molar-refractivity contribution in [2.75, 3.05) is 11.9 Å². The lowest BCUT2D eigenvalue weighted by molar-refractivity contribution is -0.137. The first-order valence-corrected chi connectivity index (χ1v) is 5.78. The minimum absolute atomic E-state index is 0.501. The van der Waals surface area contributed by atoms with E-state index >= 15 is 0 Å². The third-order valence-electron chi connectivity index (χ3n) is 2.35. The number of halogens is 3. The maximum absolute atomic E-state index is 12.8. The number of carbonyl (C=O) groups is 2. The number of carbonyl (C=O) groups excluding carboxylic acids is 1. The molecule has 1 aromatic rings. The second-order valence-electron chi connectivity index (χ2n) is 3.94. The first-order valence-electron chi connectivity index (χ1n) is 5.78. The van der Waals surface area contributed by atoms with Crippen LogP contribution in [0.3, 0.4) is 0 Å². The number of nitrogens with zero attached hydrogens (tertiary/aromatic N) is 1. The molecule has 0 aliphatic heterocycles. The molecule has 0 aliphatic carbocycles. The second-order valence-corrected chi connectivity index (χ2v) is 3.94. The minimum atomic E-state index is -4.66. The molecule has 0 aliphatic rings. The summed E-state index contributed by atoms with van der Waals surface area (Å²) in [6, 6.07) is 5.75. The molecule has 0 radical (unpaired) electrons. The summed E-state index contributed by atoms with van der Waals surface area (Å²) in [6.45, 7) is -0.544. The van der Waals surface area contributed by atoms with Gasteiger partial charge in [-0.05, 0) is 12.1 Å². The molecule has 22 heavy (non-hydrogen) atoms. The van der Waals surface area contributed by atoms with Crippen molar-refractivity contribution in [2.45, 2.75) is 6.18 Å². The van der Waals surface area contributed by atoms with Gasteiger partial charge in [0.25, 0.3) is 5.91 Å². The van der Waals surface area contributed by atoms with E-state index in [1.54, 1.807) is 0 Å². The zero-order valence-corrected chi connectivity index (χ0v) is 10.9. The number of benzene rings is 1. The Morgan fingerprint density at radius 3 is 2.50 bits per heavy atom. The molecule has 116 valence electrons. The highest BCUT2D eigenvalue weighted by molar-refractivity contribution is 6.06. The van der Waals surface area contributed by atoms with E-state index in [1.807, 2.05) is 5.32 Å². The average Bonchev–Trinajstić information content (AvgIpc) is 2.42. The van der Waals surface area contributed by atoms with Gasteiger partial charge in [0.15, 0.2) is 0 Å². The van der Waals surface area contributed by atoms with Crippen LogP contribution in [0.1, 0.15) is 5.56 Å². The normalized spacial score (nSPS) is 11.5. The molecule has 0 spiro atoms. The van der Waals surface area contributed by atoms with Gasteiger partial charge in [-0.1, -0.05) is 12.1 Å². The van der Waals surface area contributed by atoms with Gasteiger partial charge in [0, 0.05) is 6.20 Å². The Labute approximate surface area is 122 Å². The first-order chi connectivity index (χ1) is 10.3. The van der Waals surface area contributed by atoms with Crippen molar-refractivity contribution >= 4 is 17.6 Å². The fourth-order valence-corrected chi connectivity index (χ4v) is 1.42. The third-order valence-corrected chi connectivity index (χ3v) is 2.35. The van der Waals surface area contributed by atoms with Crippen molar-refractivity contribution in [2.24, 2.45) is 0 Å². The molecule has 0 fully saturated rings. The van der Waals surface area contributed by atoms with Crippen LogP contribution in [0, 0.1) is 11.3 Å². The summed E-state index contributed by atoms with van der Waals surface area (Å²) in [7, 11) is 0. The summed E-state index contributed by atoms with van der Waals surface area (Å²) in [5, 5.41) is 21.3. The lowest BCUT2D eigenvalue weighted by atomic mass is 10.1. The zero-order valence-electron chi connectivity index (χ0n) is 10.9. The summed E-state index contributed by atoms with van der Waals surface area (Å²) in [5.74, 6) is -2.31. The van der Waals surface area contributed by atoms with E-state index < -0.39 is 41.4 Å². The summed E-state index contributed by atoms with van der Waals surface area (Å²) < 4.78 is 38.3. The molecule has 3 N–H and O–H groups in total. The molecular formula is C13H10F3N3O3. The van der Waals surface area contributed by atoms with Crippen molar-refractivity contribution in [1.82, 2.24) is 5.32 Å². The van der Waals surface area contributed by atoms with E-state index in [-0.39, 0.29) is 0 Å². The van der Waals surface area contributed by atoms with Crippen LogP contribution in [-0.4, -0.2) is 23.5 Å². The number of nitrogens with one attached hydrogen (secondary N) is 2. The smallest absolute Gasteiger partial charge is 0.418 e. The molecule has 0 saturated heterocycles. The number of hydrogen-bond donors (Lipinski definition) is 3. The molecule has 9 heteroatoms. The first kappa shape index (κ1) is 17.0. The van der Waals surface area contributed by atoms with Crippen LogP contribution < -0.4 is 10.6 Å². The molecule has 0 aromatic heterocycles. The van der Waals surface area contributed by atoms with Gasteiger partial charge in [-0.25, -0.2) is 0 Å². The summed E-state index contributed by atoms with van der Waals surface area (Å²) >= 11 is 0. The molecular weight excluding hydrogens is 303 g/mol. The molecule has 0 saturated carbocycles. The number of nitriles is 1. The van der Waals surface area contributed by atoms with Crippen LogP contribution in [0.2, 0.25) is 0 Å². The van der Waals surface area contributed by atoms with Gasteiger partial charge in [0.2, 0.25) is 0 Å². The Hall–Kier alpha value is -3.02. The van der Waals surface area contributed by atoms with E-state index in [0.29, 0.717) is 0 Å². The highest BCUT2D eigenvalue weighted by Crippen LogP contribution is 2.34. The number of carboxylic acids is 1. The summed E-state index contributed by atoms with van der Waals surface area (Å²) in [6.07, 6.45) is -3.85. The predicted molar refractivity (Wildman–Crippen MR) is 69.4 cm³/mol. The van der Waals surface area contributed by atoms with E-state index in [1.165, 1.54) is 12.1 Å². The topological polar surface area (TPSA) is 102 Å². The second kappa shape index (κ2) is 7.12. The van der Waals surface area contributed by atoms with Gasteiger partial charge in [0.05, 0.1) is 11.3 Å². The van der Waals surface area contributed by atoms with Crippen LogP contribution in [0.4, 0.5) is 18.9 Å². The fourth-order valence-electron chi connectivity index (χ4n) is 1.42. The lowest BCUT2D eigenvalue weighted by Gasteiger charge is -2.13. The molecule has 0 heterocycles. The van der Waals surface area contributed by atoms with Crippen molar-refractivity contribution in [3.8, 4) is 6.07 Å². The monoisotopic (exact) mass is 313 g/mol. The number of para-hydroxylation sites is 1. The van der Waals surface area contributed by atoms with Crippen LogP contribution in [-0.2, 0) is 15.8 Å². The van der Waals surface area contributed by atoms with E-state index in [2.05, 4.69) is 5.32 Å². The maximum atomic E-state index is 12.8. The molecule has 0 bridgehead atoms. The van der Waals surface area contributed by atoms with Crippen molar-refractivity contribution < 1.29 is 27.9 Å². The maximum Gasteiger partial charge on any atom is 0.418 e. The summed E-state index contributed by atoms with van der Waals surface area (Å²) in [4.78, 5) is 22.0. The SMILES string of the molecule is N#C/C(=C/NCC(=O)O)C(=O)Nc1ccccc1C(F)(F)F. The Bertz CT molecular complexity index is 648. The Kier molecular flexibility index (Phi) is 5.51. The number of rotatable bonds is 5. The number of alkyl halides is 3. The largest absolute Gasteiger partial charge is 0.480 e. The zero-order chi connectivity index (χ0) is 16.8. The Morgan fingerprint density at radius 1 is 1.32 bits per heavy atom. The Morgan fingerprint density at radius 2 is 1.95 bits per heavy atom. The number of aliphatic carboxylic acids is 1. The van der Waals surface area contributed by atoms with E-state index in [4.69, 9.17) is 10.4 Å². The van der Waals surface area contributed by atoms with Gasteiger partial charge in [-0.2, -0.15) is 18.4 Å². The van der Waals surface area contributed by atoms with Crippen molar-refractivity contribution in [1.29, 1.82) is 5.26 Å². The highest BCUT2D eigenvalue weighted by atomic mass is 19.4. The van der Waals surface area contributed by atoms with Crippen LogP contribution >= 0.6 is 0 Å². The van der Waals surface area contributed by atoms with Crippen molar-refractivity contribution in [3.05, 3.63) is 41.6 Å². The molecule has 0 atom stereocenters. The quantitative estimate of drug-likeness (QED) is 0.567. The number of anilines is 1. The number of amides is 1. The van der Waals surface area contributed by atoms with Gasteiger partial charge in [-0.3, -0.25) is 9.59 Å². The lowest BCUT2D eigenvalue weighted by Crippen LogP contribution is -2.21. The molecule has 0 unspecified atom stereocenters. The van der Waals surface area contributed by atoms with Crippen LogP contribution in [0.25, 0.3) is 0 Å². The molecule has 6 nitrogen and oxygen atoms in total. The van der Waals surface area contributed by atoms with E-state index in [9.17, 15) is 22.8 Å². The number of hydrogen-bond acceptors (Lipinski definition) is 4. The fraction of sp³-hybridized carbons (Fsp3) is 0.154. The van der Waals surface area contributed by atoms with Crippen LogP contribution in [0.15, 0.2) is 36.0 Å². The Balaban J connectivity index is 2.93. The van der Waals surface area contributed by atoms with Gasteiger partial charge in [0.1, 0.15) is 18.2 Å². The molecule has 1 aromatic carbocycles. The summed E-state index contributed by atoms with van der Waals surface area (Å²) in [5.41, 5.74) is -2.11. The minimum Gasteiger partial charge on any atom is -0.480 e. The van der Waals surface area contributed by atoms with Gasteiger partial charge >= 0.3 is 12.1 Å². The van der Waals surface area contributed by atoms with Gasteiger partial charge < -0.3 is 15.7 Å². The van der Waals surface area contributed by atoms with Gasteiger partial charge in [-0.15, -0.1) is 0 Å². The molecule has 1 rings (SSSR count).